The quantitative estimate of drug-likeness (QED) is 0.782. The third-order valence-electron chi connectivity index (χ3n) is 2.47. The molecule has 3 N–H and O–H groups in total. The van der Waals surface area contributed by atoms with Gasteiger partial charge in [0, 0.05) is 24.7 Å². The molecule has 96 valence electrons. The molecule has 0 unspecified atom stereocenters. The Labute approximate surface area is 105 Å². The summed E-state index contributed by atoms with van der Waals surface area (Å²) >= 11 is 0. The molecule has 0 aliphatic rings. The zero-order valence-electron chi connectivity index (χ0n) is 10.4. The van der Waals surface area contributed by atoms with Gasteiger partial charge in [0.1, 0.15) is 5.75 Å². The van der Waals surface area contributed by atoms with E-state index in [1.807, 2.05) is 12.1 Å². The van der Waals surface area contributed by atoms with Crippen LogP contribution in [0.1, 0.15) is 11.7 Å². The summed E-state index contributed by atoms with van der Waals surface area (Å²) in [4.78, 5) is 4.13. The van der Waals surface area contributed by atoms with Crippen LogP contribution in [0.25, 0.3) is 0 Å². The number of rotatable bonds is 5. The van der Waals surface area contributed by atoms with Gasteiger partial charge >= 0.3 is 0 Å². The first kappa shape index (κ1) is 12.2. The third kappa shape index (κ3) is 2.91. The van der Waals surface area contributed by atoms with Crippen molar-refractivity contribution in [2.24, 2.45) is 0 Å². The van der Waals surface area contributed by atoms with Gasteiger partial charge in [-0.2, -0.15) is 4.98 Å². The fourth-order valence-corrected chi connectivity index (χ4v) is 1.58. The zero-order valence-corrected chi connectivity index (χ0v) is 10.4. The summed E-state index contributed by atoms with van der Waals surface area (Å²) in [5, 5.41) is 6.97. The first-order chi connectivity index (χ1) is 8.69. The molecule has 0 saturated carbocycles. The van der Waals surface area contributed by atoms with Gasteiger partial charge in [0.25, 0.3) is 0 Å². The van der Waals surface area contributed by atoms with Crippen molar-refractivity contribution in [3.8, 4) is 5.75 Å². The van der Waals surface area contributed by atoms with Gasteiger partial charge in [-0.05, 0) is 19.1 Å². The summed E-state index contributed by atoms with van der Waals surface area (Å²) in [5.41, 5.74) is 7.30. The lowest BCUT2D eigenvalue weighted by molar-refractivity contribution is 0.377. The number of ether oxygens (including phenoxy) is 1. The molecule has 1 aromatic heterocycles. The van der Waals surface area contributed by atoms with E-state index in [-0.39, 0.29) is 0 Å². The Hall–Kier alpha value is -2.24. The molecule has 2 rings (SSSR count). The largest absolute Gasteiger partial charge is 0.495 e. The Bertz CT molecular complexity index is 525. The van der Waals surface area contributed by atoms with Crippen LogP contribution in [0.15, 0.2) is 22.7 Å². The van der Waals surface area contributed by atoms with Gasteiger partial charge < -0.3 is 20.3 Å². The summed E-state index contributed by atoms with van der Waals surface area (Å²) in [5.74, 6) is 1.94. The third-order valence-corrected chi connectivity index (χ3v) is 2.47. The van der Waals surface area contributed by atoms with Gasteiger partial charge in [0.2, 0.25) is 5.89 Å². The number of nitrogens with one attached hydrogen (secondary N) is 1. The predicted octanol–water partition coefficient (Wildman–Crippen LogP) is 1.62. The van der Waals surface area contributed by atoms with Crippen molar-refractivity contribution in [3.05, 3.63) is 29.9 Å². The maximum Gasteiger partial charge on any atom is 0.228 e. The molecule has 0 spiro atoms. The number of aryl methyl sites for hydroxylation is 1. The van der Waals surface area contributed by atoms with Crippen LogP contribution < -0.4 is 15.8 Å². The maximum atomic E-state index is 5.74. The van der Waals surface area contributed by atoms with Gasteiger partial charge in [-0.15, -0.1) is 0 Å². The van der Waals surface area contributed by atoms with Crippen molar-refractivity contribution in [2.45, 2.75) is 13.3 Å². The first-order valence-corrected chi connectivity index (χ1v) is 5.65. The molecule has 6 heteroatoms. The smallest absolute Gasteiger partial charge is 0.228 e. The molecule has 18 heavy (non-hydrogen) atoms. The second kappa shape index (κ2) is 5.39. The van der Waals surface area contributed by atoms with Crippen molar-refractivity contribution in [3.63, 3.8) is 0 Å². The Morgan fingerprint density at radius 3 is 2.94 bits per heavy atom. The SMILES string of the molecule is COc1cc(NCCc2nc(C)no2)ccc1N. The van der Waals surface area contributed by atoms with Gasteiger partial charge in [-0.3, -0.25) is 0 Å². The first-order valence-electron chi connectivity index (χ1n) is 5.65. The molecule has 0 fully saturated rings. The summed E-state index contributed by atoms with van der Waals surface area (Å²) in [6.45, 7) is 2.50. The fraction of sp³-hybridized carbons (Fsp3) is 0.333. The summed E-state index contributed by atoms with van der Waals surface area (Å²) < 4.78 is 10.2. The average molecular weight is 248 g/mol. The maximum absolute atomic E-state index is 5.74. The van der Waals surface area contributed by atoms with Crippen LogP contribution in [0, 0.1) is 6.92 Å². The number of nitrogen functional groups attached to an aromatic ring is 1. The van der Waals surface area contributed by atoms with Crippen molar-refractivity contribution < 1.29 is 9.26 Å². The van der Waals surface area contributed by atoms with E-state index in [0.29, 0.717) is 36.1 Å². The molecule has 0 aliphatic heterocycles. The number of hydrogen-bond acceptors (Lipinski definition) is 6. The van der Waals surface area contributed by atoms with Gasteiger partial charge in [0.05, 0.1) is 12.8 Å². The molecule has 0 radical (unpaired) electrons. The highest BCUT2D eigenvalue weighted by molar-refractivity contribution is 5.61. The predicted molar refractivity (Wildman–Crippen MR) is 68.6 cm³/mol. The van der Waals surface area contributed by atoms with Crippen LogP contribution in [-0.2, 0) is 6.42 Å². The Balaban J connectivity index is 1.90. The molecule has 0 atom stereocenters. The van der Waals surface area contributed by atoms with Crippen molar-refractivity contribution in [2.75, 3.05) is 24.7 Å². The minimum Gasteiger partial charge on any atom is -0.495 e. The number of anilines is 2. The van der Waals surface area contributed by atoms with E-state index in [0.717, 1.165) is 5.69 Å². The van der Waals surface area contributed by atoms with Crippen molar-refractivity contribution >= 4 is 11.4 Å². The molecule has 6 nitrogen and oxygen atoms in total. The van der Waals surface area contributed by atoms with E-state index in [9.17, 15) is 0 Å². The van der Waals surface area contributed by atoms with Crippen LogP contribution in [0.5, 0.6) is 5.75 Å². The number of methoxy groups -OCH3 is 1. The second-order valence-electron chi connectivity index (χ2n) is 3.87. The monoisotopic (exact) mass is 248 g/mol. The second-order valence-corrected chi connectivity index (χ2v) is 3.87. The zero-order chi connectivity index (χ0) is 13.0. The minimum atomic E-state index is 0.621. The van der Waals surface area contributed by atoms with Gasteiger partial charge in [-0.1, -0.05) is 5.16 Å². The Morgan fingerprint density at radius 2 is 2.28 bits per heavy atom. The summed E-state index contributed by atoms with van der Waals surface area (Å²) in [7, 11) is 1.59. The van der Waals surface area contributed by atoms with E-state index in [4.69, 9.17) is 15.0 Å². The highest BCUT2D eigenvalue weighted by Gasteiger charge is 2.03. The average Bonchev–Trinajstić information content (AvgIpc) is 2.77. The van der Waals surface area contributed by atoms with E-state index < -0.39 is 0 Å². The Morgan fingerprint density at radius 1 is 1.44 bits per heavy atom. The number of nitrogens with two attached hydrogens (primary N) is 1. The minimum absolute atomic E-state index is 0.621. The molecule has 1 aromatic carbocycles. The number of hydrogen-bond donors (Lipinski definition) is 2. The van der Waals surface area contributed by atoms with Crippen molar-refractivity contribution in [1.29, 1.82) is 0 Å². The Kier molecular flexibility index (Phi) is 3.66. The highest BCUT2D eigenvalue weighted by Crippen LogP contribution is 2.24. The molecule has 0 bridgehead atoms. The van der Waals surface area contributed by atoms with E-state index in [2.05, 4.69) is 15.5 Å². The fourth-order valence-electron chi connectivity index (χ4n) is 1.58. The number of nitrogens with zero attached hydrogens (tertiary/aromatic N) is 2. The number of aromatic nitrogens is 2. The summed E-state index contributed by atoms with van der Waals surface area (Å²) in [6.07, 6.45) is 0.674. The summed E-state index contributed by atoms with van der Waals surface area (Å²) in [6, 6.07) is 5.56. The van der Waals surface area contributed by atoms with E-state index in [1.54, 1.807) is 20.1 Å². The molecule has 0 aliphatic carbocycles. The topological polar surface area (TPSA) is 86.2 Å². The molecule has 1 heterocycles. The van der Waals surface area contributed by atoms with Crippen LogP contribution >= 0.6 is 0 Å². The molecule has 0 amide bonds. The van der Waals surface area contributed by atoms with E-state index >= 15 is 0 Å². The lowest BCUT2D eigenvalue weighted by atomic mass is 10.2. The molecule has 0 saturated heterocycles. The van der Waals surface area contributed by atoms with Crippen LogP contribution in [0.4, 0.5) is 11.4 Å². The van der Waals surface area contributed by atoms with Crippen LogP contribution in [-0.4, -0.2) is 23.8 Å². The lowest BCUT2D eigenvalue weighted by Gasteiger charge is -2.08. The van der Waals surface area contributed by atoms with Gasteiger partial charge in [0.15, 0.2) is 5.82 Å². The van der Waals surface area contributed by atoms with Crippen LogP contribution in [0.2, 0.25) is 0 Å². The van der Waals surface area contributed by atoms with Crippen LogP contribution in [0.3, 0.4) is 0 Å². The van der Waals surface area contributed by atoms with Crippen molar-refractivity contribution in [1.82, 2.24) is 10.1 Å². The molecular weight excluding hydrogens is 232 g/mol. The lowest BCUT2D eigenvalue weighted by Crippen LogP contribution is -2.05. The highest BCUT2D eigenvalue weighted by atomic mass is 16.5. The van der Waals surface area contributed by atoms with E-state index in [1.165, 1.54) is 0 Å². The molecule has 2 aromatic rings. The normalized spacial score (nSPS) is 10.3. The number of benzene rings is 1. The van der Waals surface area contributed by atoms with Gasteiger partial charge in [-0.25, -0.2) is 0 Å². The standard InChI is InChI=1S/C12H16N4O2/c1-8-15-12(18-16-8)5-6-14-9-3-4-10(13)11(7-9)17-2/h3-4,7,14H,5-6,13H2,1-2H3. The molecular formula is C12H16N4O2.